The Hall–Kier alpha value is -1.66. The Morgan fingerprint density at radius 2 is 1.67 bits per heavy atom. The molecule has 1 N–H and O–H groups in total. The van der Waals surface area contributed by atoms with Crippen molar-refractivity contribution in [3.8, 4) is 0 Å². The number of aldehydes is 1. The van der Waals surface area contributed by atoms with Crippen molar-refractivity contribution in [1.82, 2.24) is 5.32 Å². The quantitative estimate of drug-likeness (QED) is 0.538. The van der Waals surface area contributed by atoms with Crippen LogP contribution in [0.3, 0.4) is 0 Å². The number of benzene rings is 1. The van der Waals surface area contributed by atoms with Gasteiger partial charge in [0.15, 0.2) is 8.32 Å². The Balaban J connectivity index is 3.06. The van der Waals surface area contributed by atoms with Gasteiger partial charge in [-0.25, -0.2) is 4.79 Å². The molecule has 0 heterocycles. The lowest BCUT2D eigenvalue weighted by Crippen LogP contribution is -2.53. The van der Waals surface area contributed by atoms with Gasteiger partial charge in [0, 0.05) is 0 Å². The van der Waals surface area contributed by atoms with Gasteiger partial charge in [-0.05, 0) is 50.9 Å². The molecule has 0 saturated heterocycles. The Labute approximate surface area is 165 Å². The third-order valence-corrected chi connectivity index (χ3v) is 9.24. The molecule has 5 nitrogen and oxygen atoms in total. The zero-order valence-corrected chi connectivity index (χ0v) is 19.0. The van der Waals surface area contributed by atoms with Crippen LogP contribution in [0.5, 0.6) is 0 Å². The predicted octanol–water partition coefficient (Wildman–Crippen LogP) is 4.71. The molecule has 2 atom stereocenters. The fourth-order valence-electron chi connectivity index (χ4n) is 2.30. The van der Waals surface area contributed by atoms with E-state index in [1.807, 2.05) is 51.1 Å². The van der Waals surface area contributed by atoms with Gasteiger partial charge in [-0.1, -0.05) is 51.1 Å². The molecule has 0 aliphatic carbocycles. The average molecular weight is 394 g/mol. The van der Waals surface area contributed by atoms with Crippen LogP contribution in [-0.2, 0) is 20.4 Å². The first-order valence-electron chi connectivity index (χ1n) is 9.42. The number of carbonyl (C=O) groups excluding carboxylic acids is 2. The van der Waals surface area contributed by atoms with Gasteiger partial charge in [-0.3, -0.25) is 0 Å². The maximum Gasteiger partial charge on any atom is 0.407 e. The van der Waals surface area contributed by atoms with Crippen molar-refractivity contribution in [2.75, 3.05) is 0 Å². The van der Waals surface area contributed by atoms with Gasteiger partial charge in [-0.2, -0.15) is 0 Å². The summed E-state index contributed by atoms with van der Waals surface area (Å²) in [5.41, 5.74) is 0.405. The Morgan fingerprint density at radius 1 is 1.11 bits per heavy atom. The van der Waals surface area contributed by atoms with Crippen molar-refractivity contribution >= 4 is 20.7 Å². The molecule has 27 heavy (non-hydrogen) atoms. The van der Waals surface area contributed by atoms with Crippen molar-refractivity contribution in [1.29, 1.82) is 0 Å². The number of alkyl carbamates (subject to hydrolysis) is 1. The van der Waals surface area contributed by atoms with Crippen molar-refractivity contribution in [2.24, 2.45) is 0 Å². The summed E-state index contributed by atoms with van der Waals surface area (Å²) in [7, 11) is -2.19. The minimum Gasteiger partial charge on any atom is -0.444 e. The molecule has 1 aromatic carbocycles. The molecule has 0 aromatic heterocycles. The third kappa shape index (κ3) is 7.85. The molecule has 0 aliphatic rings. The molecule has 0 radical (unpaired) electrons. The zero-order valence-electron chi connectivity index (χ0n) is 18.0. The van der Waals surface area contributed by atoms with Crippen LogP contribution in [0.15, 0.2) is 30.3 Å². The number of hydrogen-bond donors (Lipinski definition) is 1. The largest absolute Gasteiger partial charge is 0.444 e. The molecule has 0 fully saturated rings. The lowest BCUT2D eigenvalue weighted by molar-refractivity contribution is -0.115. The van der Waals surface area contributed by atoms with E-state index in [0.717, 1.165) is 11.8 Å². The third-order valence-electron chi connectivity index (χ3n) is 4.77. The van der Waals surface area contributed by atoms with E-state index in [-0.39, 0.29) is 5.04 Å². The van der Waals surface area contributed by atoms with Gasteiger partial charge < -0.3 is 19.3 Å². The summed E-state index contributed by atoms with van der Waals surface area (Å²) in [4.78, 5) is 24.3. The van der Waals surface area contributed by atoms with Crippen molar-refractivity contribution < 1.29 is 18.8 Å². The van der Waals surface area contributed by atoms with E-state index in [4.69, 9.17) is 9.16 Å². The number of carbonyl (C=O) groups is 2. The fourth-order valence-corrected chi connectivity index (χ4v) is 3.55. The van der Waals surface area contributed by atoms with E-state index < -0.39 is 32.2 Å². The summed E-state index contributed by atoms with van der Waals surface area (Å²) >= 11 is 0. The van der Waals surface area contributed by atoms with Crippen molar-refractivity contribution in [3.05, 3.63) is 35.9 Å². The fraction of sp³-hybridized carbons (Fsp3) is 0.619. The second kappa shape index (κ2) is 9.02. The van der Waals surface area contributed by atoms with Gasteiger partial charge >= 0.3 is 6.09 Å². The predicted molar refractivity (Wildman–Crippen MR) is 111 cm³/mol. The molecule has 1 amide bonds. The summed E-state index contributed by atoms with van der Waals surface area (Å²) in [6, 6.07) is 9.24. The zero-order chi connectivity index (χ0) is 20.9. The topological polar surface area (TPSA) is 64.6 Å². The van der Waals surface area contributed by atoms with Crippen LogP contribution in [0.2, 0.25) is 18.1 Å². The molecule has 0 saturated carbocycles. The van der Waals surface area contributed by atoms with E-state index in [1.165, 1.54) is 0 Å². The number of amides is 1. The minimum absolute atomic E-state index is 0.0442. The van der Waals surface area contributed by atoms with Crippen LogP contribution in [0.4, 0.5) is 4.79 Å². The minimum atomic E-state index is -2.19. The Morgan fingerprint density at radius 3 is 2.11 bits per heavy atom. The summed E-state index contributed by atoms with van der Waals surface area (Å²) in [6.07, 6.45) is -0.00318. The molecular formula is C21H35NO4Si. The van der Waals surface area contributed by atoms with Gasteiger partial charge in [0.1, 0.15) is 18.0 Å². The molecule has 0 bridgehead atoms. The van der Waals surface area contributed by atoms with Gasteiger partial charge in [0.25, 0.3) is 0 Å². The second-order valence-corrected chi connectivity index (χ2v) is 14.2. The highest BCUT2D eigenvalue weighted by Crippen LogP contribution is 2.37. The van der Waals surface area contributed by atoms with E-state index in [2.05, 4.69) is 39.2 Å². The monoisotopic (exact) mass is 393 g/mol. The second-order valence-electron chi connectivity index (χ2n) is 9.42. The molecule has 152 valence electrons. The van der Waals surface area contributed by atoms with Crippen molar-refractivity contribution in [2.45, 2.75) is 83.8 Å². The molecule has 6 heteroatoms. The highest BCUT2D eigenvalue weighted by atomic mass is 28.4. The first kappa shape index (κ1) is 23.4. The van der Waals surface area contributed by atoms with Crippen LogP contribution in [0.1, 0.15) is 47.1 Å². The number of nitrogens with one attached hydrogen (secondary N) is 1. The maximum atomic E-state index is 12.3. The molecule has 1 rings (SSSR count). The number of hydrogen-bond acceptors (Lipinski definition) is 4. The normalized spacial score (nSPS) is 15.0. The van der Waals surface area contributed by atoms with Crippen LogP contribution < -0.4 is 5.32 Å². The summed E-state index contributed by atoms with van der Waals surface area (Å²) < 4.78 is 11.7. The molecule has 0 unspecified atom stereocenters. The Bertz CT molecular complexity index is 617. The van der Waals surface area contributed by atoms with Gasteiger partial charge in [0.2, 0.25) is 0 Å². The highest BCUT2D eigenvalue weighted by Gasteiger charge is 2.41. The van der Waals surface area contributed by atoms with Crippen LogP contribution >= 0.6 is 0 Å². The molecule has 0 spiro atoms. The lowest BCUT2D eigenvalue weighted by Gasteiger charge is -2.40. The van der Waals surface area contributed by atoms with E-state index >= 15 is 0 Å². The van der Waals surface area contributed by atoms with Crippen molar-refractivity contribution in [3.63, 3.8) is 0 Å². The van der Waals surface area contributed by atoms with E-state index in [0.29, 0.717) is 6.42 Å². The summed E-state index contributed by atoms with van der Waals surface area (Å²) in [5.74, 6) is 0. The first-order valence-corrected chi connectivity index (χ1v) is 12.3. The Kier molecular flexibility index (Phi) is 7.81. The van der Waals surface area contributed by atoms with Crippen LogP contribution in [-0.4, -0.2) is 38.4 Å². The van der Waals surface area contributed by atoms with E-state index in [9.17, 15) is 9.59 Å². The van der Waals surface area contributed by atoms with Gasteiger partial charge in [0.05, 0.1) is 6.04 Å². The maximum absolute atomic E-state index is 12.3. The summed E-state index contributed by atoms with van der Waals surface area (Å²) in [6.45, 7) is 16.0. The number of rotatable bonds is 7. The average Bonchev–Trinajstić information content (AvgIpc) is 2.50. The van der Waals surface area contributed by atoms with Crippen LogP contribution in [0, 0.1) is 0 Å². The standard InChI is InChI=1S/C21H35NO4Si/c1-20(2,3)25-19(24)22-17(14-16-12-10-9-11-13-16)18(15-23)26-27(7,8)21(4,5)6/h9-13,15,17-18H,14H2,1-8H3,(H,22,24)/t17-,18+/m0/s1. The lowest BCUT2D eigenvalue weighted by atomic mass is 10.0. The van der Waals surface area contributed by atoms with E-state index in [1.54, 1.807) is 0 Å². The molecular weight excluding hydrogens is 358 g/mol. The first-order chi connectivity index (χ1) is 12.2. The smallest absolute Gasteiger partial charge is 0.407 e. The highest BCUT2D eigenvalue weighted by molar-refractivity contribution is 6.74. The molecule has 0 aliphatic heterocycles. The SMILES string of the molecule is CC(C)(C)OC(=O)N[C@@H](Cc1ccccc1)[C@@H](C=O)O[Si](C)(C)C(C)(C)C. The summed E-state index contributed by atoms with van der Waals surface area (Å²) in [5, 5.41) is 2.81. The molecule has 1 aromatic rings. The van der Waals surface area contributed by atoms with Crippen LogP contribution in [0.25, 0.3) is 0 Å². The number of ether oxygens (including phenoxy) is 1. The van der Waals surface area contributed by atoms with Gasteiger partial charge in [-0.15, -0.1) is 0 Å².